The van der Waals surface area contributed by atoms with Crippen molar-refractivity contribution in [3.05, 3.63) is 22.4 Å². The number of carbonyl (C=O) groups is 2. The maximum atomic E-state index is 13.8. The van der Waals surface area contributed by atoms with Gasteiger partial charge in [-0.3, -0.25) is 9.59 Å². The van der Waals surface area contributed by atoms with Crippen molar-refractivity contribution in [1.29, 1.82) is 0 Å². The van der Waals surface area contributed by atoms with E-state index in [2.05, 4.69) is 44.8 Å². The lowest BCUT2D eigenvalue weighted by atomic mass is 9.78. The van der Waals surface area contributed by atoms with Crippen LogP contribution in [0, 0.1) is 5.92 Å². The normalized spacial score (nSPS) is 23.9. The van der Waals surface area contributed by atoms with E-state index in [0.29, 0.717) is 6.54 Å². The minimum Gasteiger partial charge on any atom is -0.339 e. The summed E-state index contributed by atoms with van der Waals surface area (Å²) in [6.45, 7) is 13.3. The van der Waals surface area contributed by atoms with Gasteiger partial charge < -0.3 is 15.1 Å². The van der Waals surface area contributed by atoms with E-state index in [1.165, 1.54) is 11.3 Å². The van der Waals surface area contributed by atoms with Crippen LogP contribution in [0.1, 0.15) is 82.8 Å². The maximum Gasteiger partial charge on any atom is 0.263 e. The Balaban J connectivity index is 1.75. The fraction of sp³-hybridized carbons (Fsp3) is 0.750. The first-order valence-corrected chi connectivity index (χ1v) is 12.4. The molecule has 6 heteroatoms. The number of unbranched alkanes of at least 4 members (excludes halogenated alkanes) is 1. The quantitative estimate of drug-likeness (QED) is 0.717. The molecule has 0 bridgehead atoms. The molecule has 1 atom stereocenters. The first-order chi connectivity index (χ1) is 14.1. The summed E-state index contributed by atoms with van der Waals surface area (Å²) in [6, 6.07) is 4.04. The highest BCUT2D eigenvalue weighted by Crippen LogP contribution is 2.33. The largest absolute Gasteiger partial charge is 0.339 e. The summed E-state index contributed by atoms with van der Waals surface area (Å²) in [7, 11) is 0. The van der Waals surface area contributed by atoms with Crippen LogP contribution in [0.4, 0.5) is 0 Å². The Morgan fingerprint density at radius 1 is 1.23 bits per heavy atom. The van der Waals surface area contributed by atoms with Gasteiger partial charge in [0.15, 0.2) is 0 Å². The Labute approximate surface area is 186 Å². The molecule has 0 aliphatic carbocycles. The third kappa shape index (κ3) is 5.64. The molecule has 5 nitrogen and oxygen atoms in total. The second-order valence-electron chi connectivity index (χ2n) is 10.4. The van der Waals surface area contributed by atoms with Crippen LogP contribution in [0.15, 0.2) is 17.5 Å². The van der Waals surface area contributed by atoms with E-state index in [4.69, 9.17) is 0 Å². The lowest BCUT2D eigenvalue weighted by molar-refractivity contribution is -0.141. The highest BCUT2D eigenvalue weighted by atomic mass is 32.1. The molecule has 2 saturated heterocycles. The van der Waals surface area contributed by atoms with Crippen LogP contribution < -0.4 is 5.32 Å². The van der Waals surface area contributed by atoms with Gasteiger partial charge in [-0.1, -0.05) is 19.4 Å². The van der Waals surface area contributed by atoms with Crippen LogP contribution in [0.2, 0.25) is 0 Å². The highest BCUT2D eigenvalue weighted by molar-refractivity contribution is 7.12. The summed E-state index contributed by atoms with van der Waals surface area (Å²) < 4.78 is 0. The van der Waals surface area contributed by atoms with Crippen LogP contribution in [0.3, 0.4) is 0 Å². The average Bonchev–Trinajstić information content (AvgIpc) is 3.20. The molecule has 0 aromatic carbocycles. The lowest BCUT2D eigenvalue weighted by Crippen LogP contribution is -2.63. The van der Waals surface area contributed by atoms with Gasteiger partial charge in [0, 0.05) is 36.8 Å². The zero-order valence-electron chi connectivity index (χ0n) is 19.4. The third-order valence-electron chi connectivity index (χ3n) is 6.43. The molecule has 30 heavy (non-hydrogen) atoms. The van der Waals surface area contributed by atoms with Crippen molar-refractivity contribution >= 4 is 23.2 Å². The Hall–Kier alpha value is -1.40. The summed E-state index contributed by atoms with van der Waals surface area (Å²) >= 11 is 1.48. The van der Waals surface area contributed by atoms with Gasteiger partial charge in [-0.05, 0) is 71.2 Å². The van der Waals surface area contributed by atoms with Gasteiger partial charge in [0.2, 0.25) is 5.91 Å². The molecule has 1 aromatic heterocycles. The summed E-state index contributed by atoms with van der Waals surface area (Å²) in [5.41, 5.74) is 0.00972. The van der Waals surface area contributed by atoms with Crippen LogP contribution in [-0.2, 0) is 4.79 Å². The standard InChI is InChI=1S/C24H39N3O2S/c1-6-7-13-27(19-15-23(2,3)25-24(4,5)16-19)21(28)18-10-8-12-26(17-18)22(29)20-11-9-14-30-20/h9,11,14,18-19,25H,6-8,10,12-13,15-17H2,1-5H3. The van der Waals surface area contributed by atoms with Crippen molar-refractivity contribution < 1.29 is 9.59 Å². The molecule has 1 N–H and O–H groups in total. The Morgan fingerprint density at radius 2 is 1.93 bits per heavy atom. The summed E-state index contributed by atoms with van der Waals surface area (Å²) in [6.07, 6.45) is 5.83. The second-order valence-corrected chi connectivity index (χ2v) is 11.4. The van der Waals surface area contributed by atoms with Gasteiger partial charge >= 0.3 is 0 Å². The minimum absolute atomic E-state index is 0.00486. The summed E-state index contributed by atoms with van der Waals surface area (Å²) in [5, 5.41) is 5.68. The fourth-order valence-corrected chi connectivity index (χ4v) is 6.13. The molecule has 2 fully saturated rings. The highest BCUT2D eigenvalue weighted by Gasteiger charge is 2.42. The van der Waals surface area contributed by atoms with Crippen LogP contribution in [0.25, 0.3) is 0 Å². The number of piperidine rings is 2. The molecule has 2 amide bonds. The molecule has 0 radical (unpaired) electrons. The van der Waals surface area contributed by atoms with Crippen molar-refractivity contribution in [2.75, 3.05) is 19.6 Å². The first kappa shape index (κ1) is 23.3. The number of thiophene rings is 1. The average molecular weight is 434 g/mol. The van der Waals surface area contributed by atoms with Crippen LogP contribution in [-0.4, -0.2) is 58.4 Å². The van der Waals surface area contributed by atoms with Gasteiger partial charge in [0.1, 0.15) is 0 Å². The Kier molecular flexibility index (Phi) is 7.28. The monoisotopic (exact) mass is 433 g/mol. The van der Waals surface area contributed by atoms with Crippen molar-refractivity contribution in [3.63, 3.8) is 0 Å². The smallest absolute Gasteiger partial charge is 0.263 e. The van der Waals surface area contributed by atoms with Crippen LogP contribution in [0.5, 0.6) is 0 Å². The lowest BCUT2D eigenvalue weighted by Gasteiger charge is -2.50. The molecule has 0 saturated carbocycles. The fourth-order valence-electron chi connectivity index (χ4n) is 5.44. The van der Waals surface area contributed by atoms with E-state index in [0.717, 1.165) is 56.5 Å². The van der Waals surface area contributed by atoms with E-state index in [1.54, 1.807) is 0 Å². The number of nitrogens with one attached hydrogen (secondary N) is 1. The Bertz CT molecular complexity index is 713. The summed E-state index contributed by atoms with van der Waals surface area (Å²) in [4.78, 5) is 31.4. The van der Waals surface area contributed by atoms with Gasteiger partial charge in [0.25, 0.3) is 5.91 Å². The molecular weight excluding hydrogens is 394 g/mol. The molecule has 2 aliphatic heterocycles. The van der Waals surface area contributed by atoms with Crippen molar-refractivity contribution in [3.8, 4) is 0 Å². The van der Waals surface area contributed by atoms with Gasteiger partial charge in [0.05, 0.1) is 10.8 Å². The SMILES string of the molecule is CCCCN(C(=O)C1CCCN(C(=O)c2cccs2)C1)C1CC(C)(C)NC(C)(C)C1. The minimum atomic E-state index is -0.0828. The number of hydrogen-bond acceptors (Lipinski definition) is 4. The third-order valence-corrected chi connectivity index (χ3v) is 7.29. The molecular formula is C24H39N3O2S. The molecule has 1 unspecified atom stereocenters. The molecule has 3 rings (SSSR count). The number of likely N-dealkylation sites (tertiary alicyclic amines) is 1. The topological polar surface area (TPSA) is 52.7 Å². The number of carbonyl (C=O) groups excluding carboxylic acids is 2. The van der Waals surface area contributed by atoms with Gasteiger partial charge in [-0.2, -0.15) is 0 Å². The molecule has 3 heterocycles. The second kappa shape index (κ2) is 9.39. The first-order valence-electron chi connectivity index (χ1n) is 11.5. The molecule has 2 aliphatic rings. The maximum absolute atomic E-state index is 13.8. The van der Waals surface area contributed by atoms with E-state index >= 15 is 0 Å². The number of nitrogens with zero attached hydrogens (tertiary/aromatic N) is 2. The summed E-state index contributed by atoms with van der Waals surface area (Å²) in [5.74, 6) is 0.248. The van der Waals surface area contributed by atoms with Crippen LogP contribution >= 0.6 is 11.3 Å². The van der Waals surface area contributed by atoms with Crippen molar-refractivity contribution in [2.24, 2.45) is 5.92 Å². The molecule has 1 aromatic rings. The molecule has 168 valence electrons. The van der Waals surface area contributed by atoms with Crippen molar-refractivity contribution in [1.82, 2.24) is 15.1 Å². The van der Waals surface area contributed by atoms with Crippen molar-refractivity contribution in [2.45, 2.75) is 90.3 Å². The zero-order chi connectivity index (χ0) is 21.9. The van der Waals surface area contributed by atoms with Gasteiger partial charge in [-0.25, -0.2) is 0 Å². The van der Waals surface area contributed by atoms with E-state index in [1.807, 2.05) is 22.4 Å². The number of amides is 2. The molecule has 0 spiro atoms. The predicted molar refractivity (Wildman–Crippen MR) is 124 cm³/mol. The predicted octanol–water partition coefficient (Wildman–Crippen LogP) is 4.54. The zero-order valence-corrected chi connectivity index (χ0v) is 20.2. The van der Waals surface area contributed by atoms with E-state index in [-0.39, 0.29) is 34.9 Å². The Morgan fingerprint density at radius 3 is 2.53 bits per heavy atom. The van der Waals surface area contributed by atoms with E-state index in [9.17, 15) is 9.59 Å². The number of rotatable bonds is 6. The number of hydrogen-bond donors (Lipinski definition) is 1. The van der Waals surface area contributed by atoms with E-state index < -0.39 is 0 Å². The van der Waals surface area contributed by atoms with Gasteiger partial charge in [-0.15, -0.1) is 11.3 Å².